The highest BCUT2D eigenvalue weighted by molar-refractivity contribution is 9.10. The molecule has 0 aromatic carbocycles. The highest BCUT2D eigenvalue weighted by atomic mass is 79.9. The normalized spacial score (nSPS) is 9.18. The largest absolute Gasteiger partial charge is 0.294 e. The Bertz CT molecular complexity index is 300. The van der Waals surface area contributed by atoms with Crippen LogP contribution in [0.5, 0.6) is 0 Å². The lowest BCUT2D eigenvalue weighted by Gasteiger charge is -1.93. The number of rotatable bonds is 2. The van der Waals surface area contributed by atoms with Crippen molar-refractivity contribution in [1.29, 1.82) is 0 Å². The molecule has 56 valence electrons. The summed E-state index contributed by atoms with van der Waals surface area (Å²) in [7, 11) is 0. The minimum Gasteiger partial charge on any atom is -0.294 e. The zero-order valence-corrected chi connectivity index (χ0v) is 6.91. The van der Waals surface area contributed by atoms with Gasteiger partial charge in [0, 0.05) is 12.4 Å². The van der Waals surface area contributed by atoms with E-state index in [2.05, 4.69) is 25.9 Å². The Labute approximate surface area is 70.8 Å². The Hall–Kier alpha value is -1.10. The van der Waals surface area contributed by atoms with Crippen molar-refractivity contribution in [3.05, 3.63) is 22.7 Å². The van der Waals surface area contributed by atoms with Gasteiger partial charge in [0.25, 0.3) is 0 Å². The number of hydrogen-bond acceptors (Lipinski definition) is 4. The molecule has 0 fully saturated rings. The number of carbonyl (C=O) groups excluding carboxylic acids is 2. The average Bonchev–Trinajstić information content (AvgIpc) is 2.04. The fraction of sp³-hybridized carbons (Fsp3) is 0. The van der Waals surface area contributed by atoms with E-state index in [0.717, 1.165) is 0 Å². The Morgan fingerprint density at radius 3 is 2.64 bits per heavy atom. The molecule has 0 aliphatic rings. The Morgan fingerprint density at radius 1 is 1.45 bits per heavy atom. The molecule has 4 nitrogen and oxygen atoms in total. The molecular weight excluding hydrogens is 212 g/mol. The summed E-state index contributed by atoms with van der Waals surface area (Å²) in [5, 5.41) is 0. The van der Waals surface area contributed by atoms with E-state index in [9.17, 15) is 9.59 Å². The van der Waals surface area contributed by atoms with E-state index < -0.39 is 5.78 Å². The van der Waals surface area contributed by atoms with E-state index in [1.54, 1.807) is 0 Å². The van der Waals surface area contributed by atoms with Crippen molar-refractivity contribution in [2.45, 2.75) is 0 Å². The van der Waals surface area contributed by atoms with Crippen LogP contribution in [-0.2, 0) is 4.79 Å². The molecule has 0 unspecified atom stereocenters. The second-order valence-electron chi connectivity index (χ2n) is 1.68. The van der Waals surface area contributed by atoms with Crippen LogP contribution in [0.3, 0.4) is 0 Å². The zero-order valence-electron chi connectivity index (χ0n) is 5.32. The van der Waals surface area contributed by atoms with E-state index in [1.807, 2.05) is 0 Å². The van der Waals surface area contributed by atoms with Crippen LogP contribution in [0, 0.1) is 0 Å². The van der Waals surface area contributed by atoms with E-state index >= 15 is 0 Å². The molecule has 0 saturated heterocycles. The first-order valence-electron chi connectivity index (χ1n) is 2.71. The number of Topliss-reactive ketones (excluding diaryl/α,β-unsaturated/α-hetero) is 1. The van der Waals surface area contributed by atoms with Crippen LogP contribution in [0.1, 0.15) is 10.5 Å². The first kappa shape index (κ1) is 8.00. The smallest absolute Gasteiger partial charge is 0.246 e. The van der Waals surface area contributed by atoms with Gasteiger partial charge in [-0.15, -0.1) is 0 Å². The Kier molecular flexibility index (Phi) is 2.43. The number of hydrogen-bond donors (Lipinski definition) is 0. The van der Waals surface area contributed by atoms with Crippen LogP contribution in [0.15, 0.2) is 17.0 Å². The number of ketones is 1. The summed E-state index contributed by atoms with van der Waals surface area (Å²) in [5.74, 6) is -0.676. The number of carbonyl (C=O) groups is 2. The number of halogens is 1. The molecule has 0 radical (unpaired) electrons. The van der Waals surface area contributed by atoms with Gasteiger partial charge in [-0.25, -0.2) is 9.97 Å². The number of aromatic nitrogens is 2. The number of nitrogens with zero attached hydrogens (tertiary/aromatic N) is 2. The quantitative estimate of drug-likeness (QED) is 0.412. The van der Waals surface area contributed by atoms with Gasteiger partial charge in [0.1, 0.15) is 10.3 Å². The molecule has 0 saturated carbocycles. The van der Waals surface area contributed by atoms with Gasteiger partial charge in [-0.2, -0.15) is 0 Å². The van der Waals surface area contributed by atoms with Crippen LogP contribution < -0.4 is 0 Å². The SMILES string of the molecule is O=CC(=O)c1nccnc1Br. The molecule has 1 heterocycles. The molecular formula is C6H3BrN2O2. The van der Waals surface area contributed by atoms with E-state index in [0.29, 0.717) is 0 Å². The molecule has 11 heavy (non-hydrogen) atoms. The van der Waals surface area contributed by atoms with Crippen molar-refractivity contribution < 1.29 is 9.59 Å². The molecule has 0 spiro atoms. The maximum absolute atomic E-state index is 10.7. The van der Waals surface area contributed by atoms with Gasteiger partial charge in [-0.3, -0.25) is 9.59 Å². The second kappa shape index (κ2) is 3.34. The van der Waals surface area contributed by atoms with Gasteiger partial charge < -0.3 is 0 Å². The van der Waals surface area contributed by atoms with Crippen LogP contribution in [0.4, 0.5) is 0 Å². The van der Waals surface area contributed by atoms with Gasteiger partial charge in [0.15, 0.2) is 6.29 Å². The summed E-state index contributed by atoms with van der Waals surface area (Å²) in [6, 6.07) is 0. The lowest BCUT2D eigenvalue weighted by atomic mass is 10.3. The molecule has 1 aromatic heterocycles. The van der Waals surface area contributed by atoms with Crippen molar-refractivity contribution >= 4 is 28.0 Å². The zero-order chi connectivity index (χ0) is 8.27. The van der Waals surface area contributed by atoms with Gasteiger partial charge >= 0.3 is 0 Å². The fourth-order valence-corrected chi connectivity index (χ4v) is 0.958. The second-order valence-corrected chi connectivity index (χ2v) is 2.43. The van der Waals surface area contributed by atoms with Gasteiger partial charge in [0.05, 0.1) is 0 Å². The summed E-state index contributed by atoms with van der Waals surface area (Å²) in [5.41, 5.74) is 0.0440. The minimum atomic E-state index is -0.676. The summed E-state index contributed by atoms with van der Waals surface area (Å²) in [6.45, 7) is 0. The fourth-order valence-electron chi connectivity index (χ4n) is 0.542. The van der Waals surface area contributed by atoms with E-state index in [4.69, 9.17) is 0 Å². The van der Waals surface area contributed by atoms with Gasteiger partial charge in [-0.1, -0.05) is 0 Å². The van der Waals surface area contributed by atoms with Gasteiger partial charge in [0.2, 0.25) is 5.78 Å². The summed E-state index contributed by atoms with van der Waals surface area (Å²) in [6.07, 6.45) is 2.97. The molecule has 0 bridgehead atoms. The molecule has 0 atom stereocenters. The van der Waals surface area contributed by atoms with Crippen LogP contribution >= 0.6 is 15.9 Å². The summed E-state index contributed by atoms with van der Waals surface area (Å²) < 4.78 is 0.289. The first-order valence-corrected chi connectivity index (χ1v) is 3.51. The third-order valence-corrected chi connectivity index (χ3v) is 1.57. The topological polar surface area (TPSA) is 59.9 Å². The van der Waals surface area contributed by atoms with Crippen molar-refractivity contribution in [2.24, 2.45) is 0 Å². The minimum absolute atomic E-state index is 0.0440. The highest BCUT2D eigenvalue weighted by Crippen LogP contribution is 2.08. The van der Waals surface area contributed by atoms with Gasteiger partial charge in [-0.05, 0) is 15.9 Å². The van der Waals surface area contributed by atoms with Crippen molar-refractivity contribution in [2.75, 3.05) is 0 Å². The van der Waals surface area contributed by atoms with E-state index in [1.165, 1.54) is 12.4 Å². The average molecular weight is 215 g/mol. The lowest BCUT2D eigenvalue weighted by molar-refractivity contribution is -0.104. The number of aldehydes is 1. The molecule has 0 aliphatic carbocycles. The monoisotopic (exact) mass is 214 g/mol. The molecule has 5 heteroatoms. The predicted molar refractivity (Wildman–Crippen MR) is 40.1 cm³/mol. The van der Waals surface area contributed by atoms with E-state index in [-0.39, 0.29) is 16.6 Å². The standard InChI is InChI=1S/C6H3BrN2O2/c7-6-5(4(11)3-10)8-1-2-9-6/h1-3H. The van der Waals surface area contributed by atoms with Crippen LogP contribution in [0.25, 0.3) is 0 Å². The lowest BCUT2D eigenvalue weighted by Crippen LogP contribution is -2.04. The first-order chi connectivity index (χ1) is 5.25. The Morgan fingerprint density at radius 2 is 2.09 bits per heavy atom. The molecule has 1 aromatic rings. The highest BCUT2D eigenvalue weighted by Gasteiger charge is 2.09. The molecule has 0 N–H and O–H groups in total. The maximum atomic E-state index is 10.7. The van der Waals surface area contributed by atoms with Crippen LogP contribution in [-0.4, -0.2) is 22.0 Å². The summed E-state index contributed by atoms with van der Waals surface area (Å²) >= 11 is 2.98. The predicted octanol–water partition coefficient (Wildman–Crippen LogP) is 0.621. The summed E-state index contributed by atoms with van der Waals surface area (Å²) in [4.78, 5) is 28.1. The van der Waals surface area contributed by atoms with Crippen LogP contribution in [0.2, 0.25) is 0 Å². The molecule has 0 amide bonds. The van der Waals surface area contributed by atoms with Crippen molar-refractivity contribution in [3.8, 4) is 0 Å². The van der Waals surface area contributed by atoms with Crippen molar-refractivity contribution in [3.63, 3.8) is 0 Å². The molecule has 1 rings (SSSR count). The Balaban J connectivity index is 3.13. The molecule has 0 aliphatic heterocycles. The third-order valence-electron chi connectivity index (χ3n) is 0.994. The van der Waals surface area contributed by atoms with Crippen molar-refractivity contribution in [1.82, 2.24) is 9.97 Å². The third kappa shape index (κ3) is 1.68. The maximum Gasteiger partial charge on any atom is 0.246 e.